The fourth-order valence-corrected chi connectivity index (χ4v) is 3.32. The van der Waals surface area contributed by atoms with Crippen LogP contribution in [0.15, 0.2) is 65.5 Å². The average molecular weight is 380 g/mol. The third kappa shape index (κ3) is 5.23. The van der Waals surface area contributed by atoms with Crippen LogP contribution in [0.5, 0.6) is 0 Å². The third-order valence-corrected chi connectivity index (χ3v) is 5.05. The lowest BCUT2D eigenvalue weighted by Gasteiger charge is -2.08. The van der Waals surface area contributed by atoms with Crippen LogP contribution in [-0.4, -0.2) is 22.5 Å². The van der Waals surface area contributed by atoms with Crippen LogP contribution in [0, 0.1) is 6.92 Å². The SMILES string of the molecule is CNC(C)Cc1ccccc1.Cc1c(C(C)C)c(=O)n(-c2ccccc2)n1C. The highest BCUT2D eigenvalue weighted by atomic mass is 16.1. The van der Waals surface area contributed by atoms with Crippen molar-refractivity contribution in [3.05, 3.63) is 87.8 Å². The second-order valence-corrected chi connectivity index (χ2v) is 7.51. The molecule has 0 fully saturated rings. The lowest BCUT2D eigenvalue weighted by Crippen LogP contribution is -2.23. The fraction of sp³-hybridized carbons (Fsp3) is 0.375. The van der Waals surface area contributed by atoms with Gasteiger partial charge in [0.05, 0.1) is 5.69 Å². The molecule has 0 radical (unpaired) electrons. The summed E-state index contributed by atoms with van der Waals surface area (Å²) in [6, 6.07) is 20.8. The molecule has 0 saturated heterocycles. The van der Waals surface area contributed by atoms with Crippen molar-refractivity contribution in [2.75, 3.05) is 7.05 Å². The van der Waals surface area contributed by atoms with Crippen LogP contribution < -0.4 is 10.9 Å². The maximum Gasteiger partial charge on any atom is 0.275 e. The summed E-state index contributed by atoms with van der Waals surface area (Å²) in [5.74, 6) is 0.249. The van der Waals surface area contributed by atoms with Gasteiger partial charge in [0.2, 0.25) is 0 Å². The first-order valence-electron chi connectivity index (χ1n) is 9.91. The molecule has 4 nitrogen and oxygen atoms in total. The topological polar surface area (TPSA) is 39.0 Å². The predicted octanol–water partition coefficient (Wildman–Crippen LogP) is 4.44. The summed E-state index contributed by atoms with van der Waals surface area (Å²) < 4.78 is 3.65. The molecule has 0 amide bonds. The first-order valence-corrected chi connectivity index (χ1v) is 9.91. The number of nitrogens with one attached hydrogen (secondary N) is 1. The van der Waals surface area contributed by atoms with Gasteiger partial charge in [-0.25, -0.2) is 4.68 Å². The Labute approximate surface area is 168 Å². The van der Waals surface area contributed by atoms with Crippen molar-refractivity contribution in [1.29, 1.82) is 0 Å². The third-order valence-electron chi connectivity index (χ3n) is 5.05. The first-order chi connectivity index (χ1) is 13.4. The Kier molecular flexibility index (Phi) is 7.82. The largest absolute Gasteiger partial charge is 0.317 e. The van der Waals surface area contributed by atoms with Crippen LogP contribution >= 0.6 is 0 Å². The quantitative estimate of drug-likeness (QED) is 0.711. The molecular weight excluding hydrogens is 346 g/mol. The molecule has 1 N–H and O–H groups in total. The normalized spacial score (nSPS) is 11.8. The van der Waals surface area contributed by atoms with Crippen molar-refractivity contribution in [3.8, 4) is 5.69 Å². The van der Waals surface area contributed by atoms with Crippen LogP contribution in [-0.2, 0) is 13.5 Å². The van der Waals surface area contributed by atoms with Gasteiger partial charge >= 0.3 is 0 Å². The lowest BCUT2D eigenvalue weighted by atomic mass is 10.0. The molecule has 1 heterocycles. The smallest absolute Gasteiger partial charge is 0.275 e. The van der Waals surface area contributed by atoms with E-state index in [0.717, 1.165) is 23.4 Å². The van der Waals surface area contributed by atoms with Gasteiger partial charge in [0, 0.05) is 24.3 Å². The van der Waals surface area contributed by atoms with Crippen LogP contribution in [0.25, 0.3) is 5.69 Å². The summed E-state index contributed by atoms with van der Waals surface area (Å²) in [5, 5.41) is 3.21. The van der Waals surface area contributed by atoms with E-state index in [-0.39, 0.29) is 11.5 Å². The zero-order valence-corrected chi connectivity index (χ0v) is 17.9. The molecule has 1 unspecified atom stereocenters. The summed E-state index contributed by atoms with van der Waals surface area (Å²) in [6.45, 7) is 8.29. The second-order valence-electron chi connectivity index (χ2n) is 7.51. The van der Waals surface area contributed by atoms with E-state index in [4.69, 9.17) is 0 Å². The number of rotatable bonds is 5. The maximum absolute atomic E-state index is 12.4. The van der Waals surface area contributed by atoms with E-state index < -0.39 is 0 Å². The molecule has 2 aromatic carbocycles. The van der Waals surface area contributed by atoms with Gasteiger partial charge in [0.25, 0.3) is 5.56 Å². The Bertz CT molecular complexity index is 908. The summed E-state index contributed by atoms with van der Waals surface area (Å²) in [4.78, 5) is 12.4. The van der Waals surface area contributed by atoms with E-state index in [1.165, 1.54) is 5.56 Å². The molecule has 0 bridgehead atoms. The van der Waals surface area contributed by atoms with Gasteiger partial charge in [-0.1, -0.05) is 62.4 Å². The van der Waals surface area contributed by atoms with Gasteiger partial charge in [0.1, 0.15) is 0 Å². The number of aromatic nitrogens is 2. The molecule has 4 heteroatoms. The molecule has 0 aliphatic heterocycles. The molecule has 3 aromatic rings. The molecule has 1 atom stereocenters. The van der Waals surface area contributed by atoms with E-state index in [9.17, 15) is 4.79 Å². The van der Waals surface area contributed by atoms with Crippen LogP contribution in [0.3, 0.4) is 0 Å². The zero-order chi connectivity index (χ0) is 20.7. The van der Waals surface area contributed by atoms with E-state index >= 15 is 0 Å². The monoisotopic (exact) mass is 379 g/mol. The van der Waals surface area contributed by atoms with E-state index in [0.29, 0.717) is 6.04 Å². The molecule has 0 aliphatic carbocycles. The standard InChI is InChI=1S/C14H18N2O.C10H15N/c1-10(2)13-11(3)15(4)16(14(13)17)12-8-6-5-7-9-12;1-9(11-2)8-10-6-4-3-5-7-10/h5-10H,1-4H3;3-7,9,11H,8H2,1-2H3. The minimum Gasteiger partial charge on any atom is -0.317 e. The van der Waals surface area contributed by atoms with Gasteiger partial charge in [0.15, 0.2) is 0 Å². The van der Waals surface area contributed by atoms with Crippen LogP contribution in [0.2, 0.25) is 0 Å². The Hall–Kier alpha value is -2.59. The number of likely N-dealkylation sites (N-methyl/N-ethyl adjacent to an activating group) is 1. The van der Waals surface area contributed by atoms with Crippen LogP contribution in [0.4, 0.5) is 0 Å². The maximum atomic E-state index is 12.4. The van der Waals surface area contributed by atoms with Gasteiger partial charge in [-0.3, -0.25) is 9.48 Å². The van der Waals surface area contributed by atoms with Gasteiger partial charge in [-0.15, -0.1) is 0 Å². The highest BCUT2D eigenvalue weighted by molar-refractivity contribution is 5.34. The summed E-state index contributed by atoms with van der Waals surface area (Å²) >= 11 is 0. The minimum absolute atomic E-state index is 0.0891. The zero-order valence-electron chi connectivity index (χ0n) is 17.9. The van der Waals surface area contributed by atoms with Crippen LogP contribution in [0.1, 0.15) is 43.5 Å². The fourth-order valence-electron chi connectivity index (χ4n) is 3.32. The molecule has 0 saturated carbocycles. The number of benzene rings is 2. The molecule has 3 rings (SSSR count). The highest BCUT2D eigenvalue weighted by Gasteiger charge is 2.17. The van der Waals surface area contributed by atoms with E-state index in [2.05, 4.69) is 50.4 Å². The Morgan fingerprint density at radius 1 is 0.929 bits per heavy atom. The molecule has 28 heavy (non-hydrogen) atoms. The number of hydrogen-bond acceptors (Lipinski definition) is 2. The van der Waals surface area contributed by atoms with E-state index in [1.807, 2.05) is 62.1 Å². The number of para-hydroxylation sites is 1. The van der Waals surface area contributed by atoms with Crippen molar-refractivity contribution < 1.29 is 0 Å². The van der Waals surface area contributed by atoms with Crippen molar-refractivity contribution in [3.63, 3.8) is 0 Å². The molecular formula is C24H33N3O. The Balaban J connectivity index is 0.000000221. The molecule has 1 aromatic heterocycles. The summed E-state index contributed by atoms with van der Waals surface area (Å²) in [6.07, 6.45) is 1.11. The average Bonchev–Trinajstić information content (AvgIpc) is 2.92. The predicted molar refractivity (Wildman–Crippen MR) is 119 cm³/mol. The van der Waals surface area contributed by atoms with Crippen molar-refractivity contribution in [1.82, 2.24) is 14.7 Å². The van der Waals surface area contributed by atoms with Crippen molar-refractivity contribution >= 4 is 0 Å². The van der Waals surface area contributed by atoms with Gasteiger partial charge in [-0.2, -0.15) is 0 Å². The minimum atomic E-state index is 0.0891. The Morgan fingerprint density at radius 2 is 1.46 bits per heavy atom. The van der Waals surface area contributed by atoms with Crippen molar-refractivity contribution in [2.45, 2.75) is 46.1 Å². The highest BCUT2D eigenvalue weighted by Crippen LogP contribution is 2.17. The molecule has 150 valence electrons. The molecule has 0 aliphatic rings. The lowest BCUT2D eigenvalue weighted by molar-refractivity contribution is 0.608. The second kappa shape index (κ2) is 10.1. The molecule has 0 spiro atoms. The Morgan fingerprint density at radius 3 is 1.93 bits per heavy atom. The van der Waals surface area contributed by atoms with Crippen molar-refractivity contribution in [2.24, 2.45) is 7.05 Å². The summed E-state index contributed by atoms with van der Waals surface area (Å²) in [7, 11) is 3.92. The number of hydrogen-bond donors (Lipinski definition) is 1. The van der Waals surface area contributed by atoms with E-state index in [1.54, 1.807) is 4.68 Å². The van der Waals surface area contributed by atoms with Gasteiger partial charge < -0.3 is 5.32 Å². The summed E-state index contributed by atoms with van der Waals surface area (Å²) in [5.41, 5.74) is 4.33. The first kappa shape index (κ1) is 21.7. The number of nitrogens with zero attached hydrogens (tertiary/aromatic N) is 2. The van der Waals surface area contributed by atoms with Gasteiger partial charge in [-0.05, 0) is 50.9 Å².